The number of benzene rings is 1. The first-order chi connectivity index (χ1) is 12.1. The third-order valence-corrected chi connectivity index (χ3v) is 4.82. The van der Waals surface area contributed by atoms with Crippen molar-refractivity contribution in [2.24, 2.45) is 0 Å². The molecule has 1 aliphatic rings. The van der Waals surface area contributed by atoms with E-state index in [1.165, 1.54) is 6.33 Å². The van der Waals surface area contributed by atoms with Gasteiger partial charge in [0.05, 0.1) is 11.3 Å². The molecule has 1 aromatic carbocycles. The lowest BCUT2D eigenvalue weighted by Crippen LogP contribution is -2.27. The fourth-order valence-electron chi connectivity index (χ4n) is 3.37. The first-order valence-electron chi connectivity index (χ1n) is 8.20. The number of nitrogens with one attached hydrogen (secondary N) is 1. The molecule has 4 rings (SSSR count). The average Bonchev–Trinajstić information content (AvgIpc) is 2.91. The number of amides is 1. The number of anilines is 1. The Kier molecular flexibility index (Phi) is 3.60. The molecule has 0 fully saturated rings. The van der Waals surface area contributed by atoms with Crippen LogP contribution in [0.4, 0.5) is 5.82 Å². The minimum Gasteiger partial charge on any atom is -0.443 e. The quantitative estimate of drug-likeness (QED) is 0.774. The van der Waals surface area contributed by atoms with Gasteiger partial charge in [-0.05, 0) is 25.8 Å². The lowest BCUT2D eigenvalue weighted by atomic mass is 9.81. The van der Waals surface area contributed by atoms with Gasteiger partial charge in [0.25, 0.3) is 0 Å². The van der Waals surface area contributed by atoms with Crippen LogP contribution in [0.3, 0.4) is 0 Å². The van der Waals surface area contributed by atoms with Gasteiger partial charge in [-0.3, -0.25) is 9.59 Å². The molecule has 126 valence electrons. The molecule has 1 N–H and O–H groups in total. The summed E-state index contributed by atoms with van der Waals surface area (Å²) < 4.78 is 5.59. The number of hydrogen-bond donors (Lipinski definition) is 1. The summed E-state index contributed by atoms with van der Waals surface area (Å²) in [7, 11) is 0. The lowest BCUT2D eigenvalue weighted by Gasteiger charge is -2.23. The highest BCUT2D eigenvalue weighted by Gasteiger charge is 2.31. The second-order valence-corrected chi connectivity index (χ2v) is 6.28. The predicted molar refractivity (Wildman–Crippen MR) is 92.7 cm³/mol. The van der Waals surface area contributed by atoms with Crippen LogP contribution in [0.25, 0.3) is 11.1 Å². The molecule has 1 atom stereocenters. The van der Waals surface area contributed by atoms with Gasteiger partial charge in [0.2, 0.25) is 11.6 Å². The van der Waals surface area contributed by atoms with Crippen LogP contribution in [0.1, 0.15) is 46.0 Å². The molecule has 1 aliphatic carbocycles. The summed E-state index contributed by atoms with van der Waals surface area (Å²) in [6.45, 7) is 3.76. The summed E-state index contributed by atoms with van der Waals surface area (Å²) >= 11 is 0. The Hall–Kier alpha value is -3.02. The van der Waals surface area contributed by atoms with Crippen molar-refractivity contribution in [2.75, 3.05) is 5.32 Å². The molecule has 0 saturated heterocycles. The first kappa shape index (κ1) is 15.5. The SMILES string of the molecule is Cc1oc2ncnc(NC(=O)C3CCC(=O)c4ccccc43)c2c1C. The number of furan rings is 1. The summed E-state index contributed by atoms with van der Waals surface area (Å²) in [5.74, 6) is 0.745. The fourth-order valence-corrected chi connectivity index (χ4v) is 3.37. The molecule has 1 amide bonds. The molecule has 6 nitrogen and oxygen atoms in total. The second-order valence-electron chi connectivity index (χ2n) is 6.28. The minimum atomic E-state index is -0.368. The number of rotatable bonds is 2. The van der Waals surface area contributed by atoms with Crippen molar-refractivity contribution in [1.29, 1.82) is 0 Å². The van der Waals surface area contributed by atoms with Crippen LogP contribution < -0.4 is 5.32 Å². The van der Waals surface area contributed by atoms with Crippen molar-refractivity contribution < 1.29 is 14.0 Å². The van der Waals surface area contributed by atoms with Crippen molar-refractivity contribution in [1.82, 2.24) is 9.97 Å². The fraction of sp³-hybridized carbons (Fsp3) is 0.263. The molecule has 2 heterocycles. The van der Waals surface area contributed by atoms with E-state index in [1.807, 2.05) is 32.0 Å². The molecule has 1 unspecified atom stereocenters. The van der Waals surface area contributed by atoms with E-state index in [0.717, 1.165) is 16.9 Å². The molecule has 0 bridgehead atoms. The summed E-state index contributed by atoms with van der Waals surface area (Å²) in [5, 5.41) is 3.62. The Labute approximate surface area is 144 Å². The molecule has 6 heteroatoms. The van der Waals surface area contributed by atoms with Gasteiger partial charge in [0.15, 0.2) is 5.78 Å². The Bertz CT molecular complexity index is 1010. The molecule has 0 aliphatic heterocycles. The van der Waals surface area contributed by atoms with Crippen molar-refractivity contribution in [3.05, 3.63) is 53.0 Å². The first-order valence-corrected chi connectivity index (χ1v) is 8.20. The van der Waals surface area contributed by atoms with Crippen LogP contribution in [0, 0.1) is 13.8 Å². The van der Waals surface area contributed by atoms with Crippen molar-refractivity contribution in [3.63, 3.8) is 0 Å². The molecule has 3 aromatic rings. The molecule has 0 saturated carbocycles. The van der Waals surface area contributed by atoms with E-state index in [2.05, 4.69) is 15.3 Å². The zero-order valence-corrected chi connectivity index (χ0v) is 14.0. The predicted octanol–water partition coefficient (Wildman–Crippen LogP) is 3.54. The third-order valence-electron chi connectivity index (χ3n) is 4.82. The van der Waals surface area contributed by atoms with E-state index in [1.54, 1.807) is 6.07 Å². The minimum absolute atomic E-state index is 0.0883. The third kappa shape index (κ3) is 2.50. The smallest absolute Gasteiger partial charge is 0.233 e. The van der Waals surface area contributed by atoms with E-state index >= 15 is 0 Å². The number of carbonyl (C=O) groups is 2. The number of aryl methyl sites for hydroxylation is 2. The van der Waals surface area contributed by atoms with Crippen LogP contribution in [-0.2, 0) is 4.79 Å². The van der Waals surface area contributed by atoms with Crippen molar-refractivity contribution in [3.8, 4) is 0 Å². The Morgan fingerprint density at radius 2 is 2.04 bits per heavy atom. The van der Waals surface area contributed by atoms with Crippen LogP contribution in [-0.4, -0.2) is 21.7 Å². The average molecular weight is 335 g/mol. The van der Waals surface area contributed by atoms with Gasteiger partial charge in [-0.25, -0.2) is 9.97 Å². The maximum atomic E-state index is 12.9. The van der Waals surface area contributed by atoms with E-state index < -0.39 is 0 Å². The summed E-state index contributed by atoms with van der Waals surface area (Å²) in [6, 6.07) is 7.30. The van der Waals surface area contributed by atoms with Gasteiger partial charge in [-0.1, -0.05) is 24.3 Å². The Morgan fingerprint density at radius 1 is 1.24 bits per heavy atom. The van der Waals surface area contributed by atoms with E-state index in [0.29, 0.717) is 35.3 Å². The Balaban J connectivity index is 1.70. The number of fused-ring (bicyclic) bond motifs is 2. The Morgan fingerprint density at radius 3 is 2.88 bits per heavy atom. The maximum absolute atomic E-state index is 12.9. The molecule has 2 aromatic heterocycles. The van der Waals surface area contributed by atoms with Gasteiger partial charge in [-0.15, -0.1) is 0 Å². The van der Waals surface area contributed by atoms with Crippen LogP contribution in [0.5, 0.6) is 0 Å². The van der Waals surface area contributed by atoms with Crippen molar-refractivity contribution in [2.45, 2.75) is 32.6 Å². The highest BCUT2D eigenvalue weighted by Crippen LogP contribution is 2.34. The highest BCUT2D eigenvalue weighted by atomic mass is 16.3. The van der Waals surface area contributed by atoms with Gasteiger partial charge in [0, 0.05) is 17.5 Å². The summed E-state index contributed by atoms with van der Waals surface area (Å²) in [5.41, 5.74) is 2.78. The van der Waals surface area contributed by atoms with E-state index in [4.69, 9.17) is 4.42 Å². The van der Waals surface area contributed by atoms with Crippen molar-refractivity contribution >= 4 is 28.6 Å². The van der Waals surface area contributed by atoms with Crippen LogP contribution >= 0.6 is 0 Å². The molecule has 25 heavy (non-hydrogen) atoms. The highest BCUT2D eigenvalue weighted by molar-refractivity contribution is 6.06. The van der Waals surface area contributed by atoms with Gasteiger partial charge in [0.1, 0.15) is 17.9 Å². The monoisotopic (exact) mass is 335 g/mol. The van der Waals surface area contributed by atoms with Crippen LogP contribution in [0.2, 0.25) is 0 Å². The number of aromatic nitrogens is 2. The number of carbonyl (C=O) groups excluding carboxylic acids is 2. The van der Waals surface area contributed by atoms with E-state index in [9.17, 15) is 9.59 Å². The molecular weight excluding hydrogens is 318 g/mol. The lowest BCUT2D eigenvalue weighted by molar-refractivity contribution is -0.117. The zero-order valence-electron chi connectivity index (χ0n) is 14.0. The zero-order chi connectivity index (χ0) is 17.6. The normalized spacial score (nSPS) is 16.7. The number of ketones is 1. The van der Waals surface area contributed by atoms with Crippen LogP contribution in [0.15, 0.2) is 35.0 Å². The summed E-state index contributed by atoms with van der Waals surface area (Å²) in [6.07, 6.45) is 2.25. The van der Waals surface area contributed by atoms with Gasteiger partial charge < -0.3 is 9.73 Å². The van der Waals surface area contributed by atoms with Gasteiger partial charge >= 0.3 is 0 Å². The standard InChI is InChI=1S/C19H17N3O3/c1-10-11(2)25-19-16(10)17(20-9-21-19)22-18(24)14-7-8-15(23)13-6-4-3-5-12(13)14/h3-6,9,14H,7-8H2,1-2H3,(H,20,21,22,24). The maximum Gasteiger partial charge on any atom is 0.233 e. The molecular formula is C19H17N3O3. The largest absolute Gasteiger partial charge is 0.443 e. The number of hydrogen-bond acceptors (Lipinski definition) is 5. The van der Waals surface area contributed by atoms with E-state index in [-0.39, 0.29) is 17.6 Å². The topological polar surface area (TPSA) is 85.1 Å². The molecule has 0 spiro atoms. The van der Waals surface area contributed by atoms with Gasteiger partial charge in [-0.2, -0.15) is 0 Å². The second kappa shape index (κ2) is 5.81. The number of nitrogens with zero attached hydrogens (tertiary/aromatic N) is 2. The number of Topliss-reactive ketones (excluding diaryl/α,β-unsaturated/α-hetero) is 1. The summed E-state index contributed by atoms with van der Waals surface area (Å²) in [4.78, 5) is 33.3. The molecule has 0 radical (unpaired) electrons.